The lowest BCUT2D eigenvalue weighted by Crippen LogP contribution is -2.42. The van der Waals surface area contributed by atoms with Crippen LogP contribution in [0.4, 0.5) is 0 Å². The minimum absolute atomic E-state index is 0.0244. The van der Waals surface area contributed by atoms with Crippen LogP contribution in [-0.4, -0.2) is 33.4 Å². The van der Waals surface area contributed by atoms with E-state index in [1.54, 1.807) is 0 Å². The molecule has 0 saturated heterocycles. The standard InChI is InChI=1S/C18H31N3O2/c1-7-13(4)17(11-22)19-18(23)8-9-21-15(6)16(10-12(2)3)14(5)20-21/h13,17,22H,2,7-11H2,1,3-6H3,(H,19,23)/t13-,17+/m1/s1. The monoisotopic (exact) mass is 321 g/mol. The highest BCUT2D eigenvalue weighted by Crippen LogP contribution is 2.17. The lowest BCUT2D eigenvalue weighted by atomic mass is 10.00. The molecule has 0 spiro atoms. The third-order valence-electron chi connectivity index (χ3n) is 4.43. The number of carbonyl (C=O) groups excluding carboxylic acids is 1. The average Bonchev–Trinajstić information content (AvgIpc) is 2.77. The molecule has 1 rings (SSSR count). The number of hydrogen-bond acceptors (Lipinski definition) is 3. The van der Waals surface area contributed by atoms with Crippen LogP contribution in [0, 0.1) is 19.8 Å². The highest BCUT2D eigenvalue weighted by molar-refractivity contribution is 5.76. The second kappa shape index (κ2) is 8.87. The van der Waals surface area contributed by atoms with Crippen molar-refractivity contribution < 1.29 is 9.90 Å². The van der Waals surface area contributed by atoms with Gasteiger partial charge in [-0.15, -0.1) is 0 Å². The van der Waals surface area contributed by atoms with Crippen LogP contribution < -0.4 is 5.32 Å². The Kier molecular flexibility index (Phi) is 7.49. The van der Waals surface area contributed by atoms with E-state index in [0.29, 0.717) is 13.0 Å². The Morgan fingerprint density at radius 3 is 2.61 bits per heavy atom. The molecule has 0 aliphatic rings. The second-order valence-electron chi connectivity index (χ2n) is 6.50. The van der Waals surface area contributed by atoms with Crippen molar-refractivity contribution in [1.29, 1.82) is 0 Å². The van der Waals surface area contributed by atoms with Crippen LogP contribution in [0.25, 0.3) is 0 Å². The number of carbonyl (C=O) groups is 1. The zero-order valence-corrected chi connectivity index (χ0v) is 15.1. The van der Waals surface area contributed by atoms with Crippen molar-refractivity contribution >= 4 is 5.91 Å². The maximum Gasteiger partial charge on any atom is 0.222 e. The van der Waals surface area contributed by atoms with E-state index in [9.17, 15) is 9.90 Å². The summed E-state index contributed by atoms with van der Waals surface area (Å²) < 4.78 is 1.89. The van der Waals surface area contributed by atoms with Gasteiger partial charge >= 0.3 is 0 Å². The molecule has 1 heterocycles. The predicted molar refractivity (Wildman–Crippen MR) is 93.3 cm³/mol. The summed E-state index contributed by atoms with van der Waals surface area (Å²) in [5, 5.41) is 16.8. The van der Waals surface area contributed by atoms with Crippen LogP contribution in [0.3, 0.4) is 0 Å². The highest BCUT2D eigenvalue weighted by atomic mass is 16.3. The molecule has 2 N–H and O–H groups in total. The van der Waals surface area contributed by atoms with E-state index in [0.717, 1.165) is 29.8 Å². The fourth-order valence-corrected chi connectivity index (χ4v) is 2.65. The van der Waals surface area contributed by atoms with E-state index in [1.165, 1.54) is 5.56 Å². The molecule has 2 atom stereocenters. The molecule has 130 valence electrons. The van der Waals surface area contributed by atoms with Gasteiger partial charge in [0, 0.05) is 18.7 Å². The van der Waals surface area contributed by atoms with Gasteiger partial charge in [-0.2, -0.15) is 5.10 Å². The van der Waals surface area contributed by atoms with Crippen molar-refractivity contribution in [2.45, 2.75) is 66.5 Å². The molecule has 5 nitrogen and oxygen atoms in total. The van der Waals surface area contributed by atoms with Gasteiger partial charge in [0.2, 0.25) is 5.91 Å². The number of amides is 1. The van der Waals surface area contributed by atoms with Gasteiger partial charge in [0.1, 0.15) is 0 Å². The Morgan fingerprint density at radius 1 is 1.43 bits per heavy atom. The predicted octanol–water partition coefficient (Wildman–Crippen LogP) is 2.53. The lowest BCUT2D eigenvalue weighted by molar-refractivity contribution is -0.122. The summed E-state index contributed by atoms with van der Waals surface area (Å²) in [6.45, 7) is 14.6. The molecule has 1 amide bonds. The maximum atomic E-state index is 12.1. The Bertz CT molecular complexity index is 549. The molecule has 0 bridgehead atoms. The maximum absolute atomic E-state index is 12.1. The Morgan fingerprint density at radius 2 is 2.09 bits per heavy atom. The molecule has 0 aliphatic carbocycles. The quantitative estimate of drug-likeness (QED) is 0.687. The van der Waals surface area contributed by atoms with Gasteiger partial charge in [-0.05, 0) is 38.7 Å². The molecule has 0 radical (unpaired) electrons. The lowest BCUT2D eigenvalue weighted by Gasteiger charge is -2.22. The fourth-order valence-electron chi connectivity index (χ4n) is 2.65. The minimum atomic E-state index is -0.174. The van der Waals surface area contributed by atoms with Gasteiger partial charge in [-0.3, -0.25) is 9.48 Å². The first-order valence-electron chi connectivity index (χ1n) is 8.37. The topological polar surface area (TPSA) is 67.2 Å². The Balaban J connectivity index is 2.64. The largest absolute Gasteiger partial charge is 0.394 e. The Labute approximate surface area is 139 Å². The first-order chi connectivity index (χ1) is 10.8. The van der Waals surface area contributed by atoms with E-state index in [4.69, 9.17) is 0 Å². The molecular formula is C18H31N3O2. The van der Waals surface area contributed by atoms with Crippen LogP contribution in [0.15, 0.2) is 12.2 Å². The van der Waals surface area contributed by atoms with Gasteiger partial charge in [0.25, 0.3) is 0 Å². The van der Waals surface area contributed by atoms with Crippen LogP contribution in [0.2, 0.25) is 0 Å². The first kappa shape index (κ1) is 19.4. The van der Waals surface area contributed by atoms with Crippen LogP contribution in [0.1, 0.15) is 50.6 Å². The number of nitrogens with one attached hydrogen (secondary N) is 1. The van der Waals surface area contributed by atoms with Crippen molar-refractivity contribution in [2.75, 3.05) is 6.61 Å². The van der Waals surface area contributed by atoms with Crippen molar-refractivity contribution in [3.8, 4) is 0 Å². The number of aliphatic hydroxyl groups excluding tert-OH is 1. The van der Waals surface area contributed by atoms with Crippen molar-refractivity contribution in [1.82, 2.24) is 15.1 Å². The van der Waals surface area contributed by atoms with E-state index in [2.05, 4.69) is 23.9 Å². The fraction of sp³-hybridized carbons (Fsp3) is 0.667. The third-order valence-corrected chi connectivity index (χ3v) is 4.43. The van der Waals surface area contributed by atoms with E-state index in [-0.39, 0.29) is 24.5 Å². The molecule has 0 aliphatic heterocycles. The van der Waals surface area contributed by atoms with Gasteiger partial charge < -0.3 is 10.4 Å². The summed E-state index contributed by atoms with van der Waals surface area (Å²) in [6.07, 6.45) is 2.11. The first-order valence-corrected chi connectivity index (χ1v) is 8.37. The number of rotatable bonds is 9. The van der Waals surface area contributed by atoms with Gasteiger partial charge in [0.15, 0.2) is 0 Å². The van der Waals surface area contributed by atoms with Gasteiger partial charge in [0.05, 0.1) is 18.3 Å². The molecule has 1 aromatic rings. The summed E-state index contributed by atoms with van der Waals surface area (Å²) in [6, 6.07) is -0.174. The van der Waals surface area contributed by atoms with Crippen LogP contribution in [-0.2, 0) is 17.8 Å². The summed E-state index contributed by atoms with van der Waals surface area (Å²) >= 11 is 0. The number of hydrogen-bond donors (Lipinski definition) is 2. The van der Waals surface area contributed by atoms with Crippen molar-refractivity contribution in [3.63, 3.8) is 0 Å². The SMILES string of the molecule is C=C(C)Cc1c(C)nn(CCC(=O)N[C@@H](CO)[C@H](C)CC)c1C. The average molecular weight is 321 g/mol. The normalized spacial score (nSPS) is 13.7. The number of aromatic nitrogens is 2. The summed E-state index contributed by atoms with van der Waals surface area (Å²) in [5.41, 5.74) is 4.40. The molecule has 23 heavy (non-hydrogen) atoms. The zero-order valence-electron chi connectivity index (χ0n) is 15.1. The van der Waals surface area contributed by atoms with Gasteiger partial charge in [-0.1, -0.05) is 32.4 Å². The number of aryl methyl sites for hydroxylation is 2. The summed E-state index contributed by atoms with van der Waals surface area (Å²) in [7, 11) is 0. The number of allylic oxidation sites excluding steroid dienone is 1. The summed E-state index contributed by atoms with van der Waals surface area (Å²) in [5.74, 6) is 0.221. The summed E-state index contributed by atoms with van der Waals surface area (Å²) in [4.78, 5) is 12.1. The van der Waals surface area contributed by atoms with Crippen molar-refractivity contribution in [3.05, 3.63) is 29.1 Å². The Hall–Kier alpha value is -1.62. The molecular weight excluding hydrogens is 290 g/mol. The van der Waals surface area contributed by atoms with Crippen molar-refractivity contribution in [2.24, 2.45) is 5.92 Å². The molecule has 0 aromatic carbocycles. The molecule has 0 fully saturated rings. The molecule has 0 unspecified atom stereocenters. The molecule has 1 aromatic heterocycles. The molecule has 5 heteroatoms. The van der Waals surface area contributed by atoms with E-state index >= 15 is 0 Å². The minimum Gasteiger partial charge on any atom is -0.394 e. The molecule has 0 saturated carbocycles. The zero-order chi connectivity index (χ0) is 17.6. The third kappa shape index (κ3) is 5.50. The smallest absolute Gasteiger partial charge is 0.222 e. The van der Waals surface area contributed by atoms with Crippen LogP contribution >= 0.6 is 0 Å². The highest BCUT2D eigenvalue weighted by Gasteiger charge is 2.18. The van der Waals surface area contributed by atoms with Gasteiger partial charge in [-0.25, -0.2) is 0 Å². The number of aliphatic hydroxyl groups is 1. The van der Waals surface area contributed by atoms with E-state index in [1.807, 2.05) is 32.4 Å². The van der Waals surface area contributed by atoms with Crippen LogP contribution in [0.5, 0.6) is 0 Å². The second-order valence-corrected chi connectivity index (χ2v) is 6.50. The number of nitrogens with zero attached hydrogens (tertiary/aromatic N) is 2. The van der Waals surface area contributed by atoms with E-state index < -0.39 is 0 Å².